The topological polar surface area (TPSA) is 88.9 Å². The number of halogens is 5. The van der Waals surface area contributed by atoms with Crippen LogP contribution >= 0.6 is 35.0 Å². The molecule has 0 aliphatic heterocycles. The van der Waals surface area contributed by atoms with Crippen LogP contribution in [0, 0.1) is 12.3 Å². The van der Waals surface area contributed by atoms with E-state index in [1.807, 2.05) is 0 Å². The minimum absolute atomic E-state index is 0.0204. The van der Waals surface area contributed by atoms with E-state index in [1.165, 1.54) is 36.2 Å². The van der Waals surface area contributed by atoms with Crippen LogP contribution in [0.25, 0.3) is 16.6 Å². The number of carbonyl (C=O) groups is 2. The predicted octanol–water partition coefficient (Wildman–Crippen LogP) is 6.09. The van der Waals surface area contributed by atoms with Crippen molar-refractivity contribution >= 4 is 63.2 Å². The van der Waals surface area contributed by atoms with Crippen LogP contribution in [0.2, 0.25) is 10.0 Å². The van der Waals surface area contributed by atoms with Gasteiger partial charge in [0.15, 0.2) is 11.5 Å². The number of fused-ring (bicyclic) bond motifs is 1. The maximum atomic E-state index is 13.5. The summed E-state index contributed by atoms with van der Waals surface area (Å²) >= 11 is 14.2. The van der Waals surface area contributed by atoms with Gasteiger partial charge >= 0.3 is 6.18 Å². The van der Waals surface area contributed by atoms with Crippen molar-refractivity contribution < 1.29 is 22.8 Å². The number of thioether (sulfide) groups is 1. The van der Waals surface area contributed by atoms with Crippen molar-refractivity contribution in [2.75, 3.05) is 23.4 Å². The molecule has 0 saturated carbocycles. The van der Waals surface area contributed by atoms with E-state index < -0.39 is 29.4 Å². The van der Waals surface area contributed by atoms with E-state index in [0.717, 1.165) is 0 Å². The van der Waals surface area contributed by atoms with Gasteiger partial charge in [0.2, 0.25) is 0 Å². The molecule has 4 rings (SSSR count). The molecule has 0 spiro atoms. The fourth-order valence-corrected chi connectivity index (χ4v) is 4.65. The Balaban J connectivity index is 1.76. The van der Waals surface area contributed by atoms with Crippen molar-refractivity contribution in [3.63, 3.8) is 0 Å². The number of amides is 2. The molecule has 0 unspecified atom stereocenters. The predicted molar refractivity (Wildman–Crippen MR) is 147 cm³/mol. The van der Waals surface area contributed by atoms with Crippen molar-refractivity contribution in [3.8, 4) is 18.2 Å². The van der Waals surface area contributed by atoms with Gasteiger partial charge in [-0.15, -0.1) is 18.2 Å². The molecule has 0 saturated heterocycles. The van der Waals surface area contributed by atoms with Crippen molar-refractivity contribution in [3.05, 3.63) is 81.7 Å². The van der Waals surface area contributed by atoms with E-state index in [9.17, 15) is 22.8 Å². The molecule has 39 heavy (non-hydrogen) atoms. The molecule has 0 fully saturated rings. The van der Waals surface area contributed by atoms with Gasteiger partial charge in [0.05, 0.1) is 27.0 Å². The van der Waals surface area contributed by atoms with Gasteiger partial charge in [0.1, 0.15) is 5.69 Å². The van der Waals surface area contributed by atoms with E-state index in [4.69, 9.17) is 29.6 Å². The molecule has 0 atom stereocenters. The minimum atomic E-state index is -4.86. The summed E-state index contributed by atoms with van der Waals surface area (Å²) < 4.78 is 41.3. The molecule has 200 valence electrons. The first-order valence-corrected chi connectivity index (χ1v) is 13.1. The van der Waals surface area contributed by atoms with Gasteiger partial charge in [0, 0.05) is 29.9 Å². The molecule has 0 aliphatic carbocycles. The summed E-state index contributed by atoms with van der Waals surface area (Å²) in [6, 6.07) is 11.9. The van der Waals surface area contributed by atoms with E-state index in [-0.39, 0.29) is 33.7 Å². The van der Waals surface area contributed by atoms with Gasteiger partial charge in [-0.1, -0.05) is 53.4 Å². The zero-order valence-electron chi connectivity index (χ0n) is 19.9. The standard InChI is InChI=1S/C26H18Cl2F3N5O2S/c1-2-11-39-12-10-33-24(37)17-13-15-6-3-4-7-16(15)21(28)22(17)34-25(38)19-14-20(26(29,30)31)35-36(19)23-18(27)8-5-9-32-23/h1,3-9,13-14H,10-12H2,(H,33,37)(H,34,38). The van der Waals surface area contributed by atoms with Gasteiger partial charge in [-0.2, -0.15) is 18.3 Å². The van der Waals surface area contributed by atoms with Crippen molar-refractivity contribution in [2.45, 2.75) is 6.18 Å². The van der Waals surface area contributed by atoms with Crippen LogP contribution in [-0.4, -0.2) is 44.6 Å². The number of nitrogens with one attached hydrogen (secondary N) is 2. The Morgan fingerprint density at radius 3 is 2.59 bits per heavy atom. The van der Waals surface area contributed by atoms with Gasteiger partial charge in [-0.25, -0.2) is 9.67 Å². The number of pyridine rings is 1. The number of aromatic nitrogens is 3. The second kappa shape index (κ2) is 12.0. The van der Waals surface area contributed by atoms with Gasteiger partial charge in [0.25, 0.3) is 11.8 Å². The largest absolute Gasteiger partial charge is 0.435 e. The highest BCUT2D eigenvalue weighted by molar-refractivity contribution is 7.99. The molecule has 0 bridgehead atoms. The molecule has 4 aromatic rings. The molecular formula is C26H18Cl2F3N5O2S. The molecule has 2 amide bonds. The highest BCUT2D eigenvalue weighted by Crippen LogP contribution is 2.36. The fraction of sp³-hybridized carbons (Fsp3) is 0.154. The second-order valence-electron chi connectivity index (χ2n) is 7.93. The molecular weight excluding hydrogens is 574 g/mol. The van der Waals surface area contributed by atoms with E-state index in [0.29, 0.717) is 33.0 Å². The molecule has 0 radical (unpaired) electrons. The highest BCUT2D eigenvalue weighted by atomic mass is 35.5. The van der Waals surface area contributed by atoms with Crippen LogP contribution in [0.1, 0.15) is 26.5 Å². The first-order valence-electron chi connectivity index (χ1n) is 11.2. The Labute approximate surface area is 235 Å². The monoisotopic (exact) mass is 591 g/mol. The maximum Gasteiger partial charge on any atom is 0.435 e. The Kier molecular flexibility index (Phi) is 8.70. The Morgan fingerprint density at radius 1 is 1.10 bits per heavy atom. The summed E-state index contributed by atoms with van der Waals surface area (Å²) in [5.74, 6) is 1.76. The zero-order valence-corrected chi connectivity index (χ0v) is 22.2. The first kappa shape index (κ1) is 28.3. The van der Waals surface area contributed by atoms with Crippen LogP contribution in [0.4, 0.5) is 18.9 Å². The maximum absolute atomic E-state index is 13.5. The van der Waals surface area contributed by atoms with Crippen LogP contribution in [0.5, 0.6) is 0 Å². The second-order valence-corrected chi connectivity index (χ2v) is 9.82. The Bertz CT molecular complexity index is 1600. The van der Waals surface area contributed by atoms with Crippen molar-refractivity contribution in [2.24, 2.45) is 0 Å². The third-order valence-corrected chi connectivity index (χ3v) is 6.91. The number of terminal acetylenes is 1. The summed E-state index contributed by atoms with van der Waals surface area (Å²) in [5.41, 5.74) is -1.92. The number of benzene rings is 2. The fourth-order valence-electron chi connectivity index (χ4n) is 3.62. The third kappa shape index (κ3) is 6.30. The number of rotatable bonds is 8. The third-order valence-electron chi connectivity index (χ3n) is 5.36. The molecule has 2 N–H and O–H groups in total. The molecule has 13 heteroatoms. The lowest BCUT2D eigenvalue weighted by molar-refractivity contribution is -0.141. The molecule has 2 heterocycles. The van der Waals surface area contributed by atoms with Gasteiger partial charge < -0.3 is 10.6 Å². The lowest BCUT2D eigenvalue weighted by atomic mass is 10.0. The minimum Gasteiger partial charge on any atom is -0.351 e. The Hall–Kier alpha value is -3.72. The van der Waals surface area contributed by atoms with Crippen molar-refractivity contribution in [1.82, 2.24) is 20.1 Å². The van der Waals surface area contributed by atoms with Gasteiger partial charge in [-0.3, -0.25) is 9.59 Å². The molecule has 0 aliphatic rings. The van der Waals surface area contributed by atoms with Crippen LogP contribution in [-0.2, 0) is 6.18 Å². The van der Waals surface area contributed by atoms with E-state index in [2.05, 4.69) is 26.6 Å². The summed E-state index contributed by atoms with van der Waals surface area (Å²) in [6.45, 7) is 0.281. The van der Waals surface area contributed by atoms with E-state index >= 15 is 0 Å². The summed E-state index contributed by atoms with van der Waals surface area (Å²) in [6.07, 6.45) is 1.67. The molecule has 2 aromatic carbocycles. The number of carbonyl (C=O) groups excluding carboxylic acids is 2. The lowest BCUT2D eigenvalue weighted by Crippen LogP contribution is -2.28. The summed E-state index contributed by atoms with van der Waals surface area (Å²) in [5, 5.41) is 9.92. The molecule has 2 aromatic heterocycles. The summed E-state index contributed by atoms with van der Waals surface area (Å²) in [7, 11) is 0. The van der Waals surface area contributed by atoms with Crippen LogP contribution in [0.15, 0.2) is 54.7 Å². The van der Waals surface area contributed by atoms with Crippen LogP contribution < -0.4 is 10.6 Å². The van der Waals surface area contributed by atoms with Crippen molar-refractivity contribution in [1.29, 1.82) is 0 Å². The number of nitrogens with zero attached hydrogens (tertiary/aromatic N) is 3. The highest BCUT2D eigenvalue weighted by Gasteiger charge is 2.37. The number of anilines is 1. The average Bonchev–Trinajstić information content (AvgIpc) is 3.36. The number of hydrogen-bond acceptors (Lipinski definition) is 5. The van der Waals surface area contributed by atoms with Gasteiger partial charge in [-0.05, 0) is 23.6 Å². The summed E-state index contributed by atoms with van der Waals surface area (Å²) in [4.78, 5) is 30.5. The number of alkyl halides is 3. The Morgan fingerprint density at radius 2 is 1.87 bits per heavy atom. The SMILES string of the molecule is C#CCSCCNC(=O)c1cc2ccccc2c(Cl)c1NC(=O)c1cc(C(F)(F)F)nn1-c1ncccc1Cl. The smallest absolute Gasteiger partial charge is 0.351 e. The lowest BCUT2D eigenvalue weighted by Gasteiger charge is -2.16. The number of hydrogen-bond donors (Lipinski definition) is 2. The average molecular weight is 592 g/mol. The first-order chi connectivity index (χ1) is 18.6. The van der Waals surface area contributed by atoms with Crippen LogP contribution in [0.3, 0.4) is 0 Å². The molecule has 7 nitrogen and oxygen atoms in total. The van der Waals surface area contributed by atoms with E-state index in [1.54, 1.807) is 24.3 Å². The zero-order chi connectivity index (χ0) is 28.2. The normalized spacial score (nSPS) is 11.3. The quantitative estimate of drug-likeness (QED) is 0.191.